The van der Waals surface area contributed by atoms with Gasteiger partial charge in [-0.15, -0.1) is 0 Å². The molecule has 3 heterocycles. The molecule has 0 atom stereocenters. The van der Waals surface area contributed by atoms with Crippen LogP contribution in [0.3, 0.4) is 0 Å². The zero-order valence-electron chi connectivity index (χ0n) is 14.2. The Kier molecular flexibility index (Phi) is 4.09. The van der Waals surface area contributed by atoms with Gasteiger partial charge in [0.2, 0.25) is 0 Å². The molecule has 2 aromatic heterocycles. The summed E-state index contributed by atoms with van der Waals surface area (Å²) in [6.45, 7) is 1.89. The first-order chi connectivity index (χ1) is 12.2. The lowest BCUT2D eigenvalue weighted by Gasteiger charge is -2.35. The summed E-state index contributed by atoms with van der Waals surface area (Å²) in [6.07, 6.45) is 3.77. The Balaban J connectivity index is 1.81. The lowest BCUT2D eigenvalue weighted by atomic mass is 9.73. The zero-order chi connectivity index (χ0) is 17.3. The average Bonchev–Trinajstić information content (AvgIpc) is 3.06. The van der Waals surface area contributed by atoms with E-state index in [0.717, 1.165) is 48.6 Å². The van der Waals surface area contributed by atoms with Gasteiger partial charge in [-0.25, -0.2) is 4.39 Å². The number of pyridine rings is 1. The van der Waals surface area contributed by atoms with Gasteiger partial charge < -0.3 is 5.32 Å². The van der Waals surface area contributed by atoms with Gasteiger partial charge in [0.25, 0.3) is 0 Å². The highest BCUT2D eigenvalue weighted by Gasteiger charge is 2.39. The van der Waals surface area contributed by atoms with E-state index in [2.05, 4.69) is 22.4 Å². The van der Waals surface area contributed by atoms with Crippen LogP contribution in [0.15, 0.2) is 54.7 Å². The first-order valence-electron chi connectivity index (χ1n) is 8.62. The number of nitrogens with zero attached hydrogens (tertiary/aromatic N) is 3. The molecule has 5 heteroatoms. The lowest BCUT2D eigenvalue weighted by molar-refractivity contribution is 0.344. The Bertz CT molecular complexity index is 849. The van der Waals surface area contributed by atoms with E-state index in [1.54, 1.807) is 12.1 Å². The number of benzene rings is 1. The number of halogens is 1. The van der Waals surface area contributed by atoms with Gasteiger partial charge >= 0.3 is 0 Å². The minimum Gasteiger partial charge on any atom is -0.317 e. The van der Waals surface area contributed by atoms with E-state index in [-0.39, 0.29) is 11.2 Å². The second-order valence-corrected chi connectivity index (χ2v) is 6.59. The monoisotopic (exact) mass is 336 g/mol. The van der Waals surface area contributed by atoms with Gasteiger partial charge in [0.15, 0.2) is 0 Å². The molecule has 0 aliphatic carbocycles. The molecular weight excluding hydrogens is 315 g/mol. The molecule has 0 unspecified atom stereocenters. The number of aryl methyl sites for hydroxylation is 1. The van der Waals surface area contributed by atoms with E-state index >= 15 is 0 Å². The number of piperidine rings is 1. The maximum atomic E-state index is 13.2. The van der Waals surface area contributed by atoms with Crippen LogP contribution >= 0.6 is 0 Å². The predicted octanol–water partition coefficient (Wildman–Crippen LogP) is 3.29. The van der Waals surface area contributed by atoms with Crippen molar-refractivity contribution in [3.63, 3.8) is 0 Å². The smallest absolute Gasteiger partial charge is 0.123 e. The summed E-state index contributed by atoms with van der Waals surface area (Å²) < 4.78 is 15.1. The molecule has 1 saturated heterocycles. The normalized spacial score (nSPS) is 16.7. The van der Waals surface area contributed by atoms with Crippen LogP contribution < -0.4 is 5.32 Å². The summed E-state index contributed by atoms with van der Waals surface area (Å²) >= 11 is 0. The fraction of sp³-hybridized carbons (Fsp3) is 0.300. The highest BCUT2D eigenvalue weighted by molar-refractivity contribution is 5.60. The van der Waals surface area contributed by atoms with Crippen LogP contribution in [0.4, 0.5) is 4.39 Å². The summed E-state index contributed by atoms with van der Waals surface area (Å²) in [7, 11) is 1.94. The molecule has 0 bridgehead atoms. The van der Waals surface area contributed by atoms with Crippen molar-refractivity contribution in [1.29, 1.82) is 0 Å². The number of rotatable bonds is 3. The van der Waals surface area contributed by atoms with Crippen molar-refractivity contribution in [2.45, 2.75) is 18.3 Å². The first kappa shape index (κ1) is 16.0. The molecule has 1 aromatic carbocycles. The Hall–Kier alpha value is -2.53. The number of nitrogens with one attached hydrogen (secondary N) is 1. The summed E-state index contributed by atoms with van der Waals surface area (Å²) in [5.74, 6) is -0.227. The second-order valence-electron chi connectivity index (χ2n) is 6.59. The largest absolute Gasteiger partial charge is 0.317 e. The summed E-state index contributed by atoms with van der Waals surface area (Å²) in [4.78, 5) is 4.65. The quantitative estimate of drug-likeness (QED) is 0.798. The van der Waals surface area contributed by atoms with Gasteiger partial charge in [-0.3, -0.25) is 9.67 Å². The molecule has 4 rings (SSSR count). The predicted molar refractivity (Wildman–Crippen MR) is 95.7 cm³/mol. The Morgan fingerprint density at radius 1 is 1.04 bits per heavy atom. The third-order valence-corrected chi connectivity index (χ3v) is 5.12. The second kappa shape index (κ2) is 6.41. The van der Waals surface area contributed by atoms with E-state index in [9.17, 15) is 4.39 Å². The lowest BCUT2D eigenvalue weighted by Crippen LogP contribution is -2.41. The molecule has 0 amide bonds. The van der Waals surface area contributed by atoms with Crippen molar-refractivity contribution in [2.75, 3.05) is 13.1 Å². The minimum atomic E-state index is -0.227. The molecule has 0 radical (unpaired) electrons. The maximum absolute atomic E-state index is 13.2. The molecule has 3 aromatic rings. The van der Waals surface area contributed by atoms with Crippen LogP contribution in [-0.2, 0) is 12.5 Å². The fourth-order valence-electron chi connectivity index (χ4n) is 3.73. The van der Waals surface area contributed by atoms with Crippen molar-refractivity contribution in [2.24, 2.45) is 7.05 Å². The number of hydrogen-bond acceptors (Lipinski definition) is 3. The molecular formula is C20H21FN4. The molecule has 25 heavy (non-hydrogen) atoms. The van der Waals surface area contributed by atoms with Crippen molar-refractivity contribution in [3.8, 4) is 11.3 Å². The van der Waals surface area contributed by atoms with Crippen molar-refractivity contribution >= 4 is 0 Å². The third kappa shape index (κ3) is 2.85. The average molecular weight is 336 g/mol. The van der Waals surface area contributed by atoms with E-state index in [1.807, 2.05) is 30.1 Å². The molecule has 128 valence electrons. The molecule has 1 aliphatic rings. The molecule has 4 nitrogen and oxygen atoms in total. The van der Waals surface area contributed by atoms with E-state index in [0.29, 0.717) is 0 Å². The maximum Gasteiger partial charge on any atom is 0.123 e. The SMILES string of the molecule is Cn1nc(C2(c3ccccn3)CCNCC2)cc1-c1ccc(F)cc1. The summed E-state index contributed by atoms with van der Waals surface area (Å²) in [5.41, 5.74) is 3.88. The van der Waals surface area contributed by atoms with E-state index in [4.69, 9.17) is 5.10 Å². The van der Waals surface area contributed by atoms with Crippen LogP contribution in [-0.4, -0.2) is 27.9 Å². The van der Waals surface area contributed by atoms with Crippen LogP contribution in [0.2, 0.25) is 0 Å². The van der Waals surface area contributed by atoms with Crippen molar-refractivity contribution < 1.29 is 4.39 Å². The van der Waals surface area contributed by atoms with Gasteiger partial charge in [-0.2, -0.15) is 5.10 Å². The zero-order valence-corrected chi connectivity index (χ0v) is 14.2. The van der Waals surface area contributed by atoms with Crippen LogP contribution in [0.25, 0.3) is 11.3 Å². The Morgan fingerprint density at radius 2 is 1.80 bits per heavy atom. The molecule has 0 spiro atoms. The topological polar surface area (TPSA) is 42.7 Å². The molecule has 1 aliphatic heterocycles. The number of hydrogen-bond donors (Lipinski definition) is 1. The van der Waals surface area contributed by atoms with Gasteiger partial charge in [0.05, 0.1) is 22.5 Å². The number of aromatic nitrogens is 3. The van der Waals surface area contributed by atoms with Crippen LogP contribution in [0, 0.1) is 5.82 Å². The Morgan fingerprint density at radius 3 is 2.48 bits per heavy atom. The fourth-order valence-corrected chi connectivity index (χ4v) is 3.73. The van der Waals surface area contributed by atoms with Gasteiger partial charge in [0.1, 0.15) is 5.82 Å². The highest BCUT2D eigenvalue weighted by atomic mass is 19.1. The van der Waals surface area contributed by atoms with Crippen molar-refractivity contribution in [1.82, 2.24) is 20.1 Å². The van der Waals surface area contributed by atoms with E-state index < -0.39 is 0 Å². The van der Waals surface area contributed by atoms with Crippen molar-refractivity contribution in [3.05, 3.63) is 71.9 Å². The van der Waals surface area contributed by atoms with Crippen LogP contribution in [0.5, 0.6) is 0 Å². The third-order valence-electron chi connectivity index (χ3n) is 5.12. The standard InChI is InChI=1S/C20H21FN4/c1-25-17(15-5-7-16(21)8-6-15)14-19(24-25)20(9-12-22-13-10-20)18-4-2-3-11-23-18/h2-8,11,14,22H,9-10,12-13H2,1H3. The van der Waals surface area contributed by atoms with E-state index in [1.165, 1.54) is 12.1 Å². The molecule has 1 fully saturated rings. The van der Waals surface area contributed by atoms with Gasteiger partial charge in [-0.05, 0) is 74.0 Å². The molecule has 0 saturated carbocycles. The molecule has 1 N–H and O–H groups in total. The van der Waals surface area contributed by atoms with Crippen LogP contribution in [0.1, 0.15) is 24.2 Å². The summed E-state index contributed by atoms with van der Waals surface area (Å²) in [5, 5.41) is 8.27. The minimum absolute atomic E-state index is 0.178. The highest BCUT2D eigenvalue weighted by Crippen LogP contribution is 2.39. The first-order valence-corrected chi connectivity index (χ1v) is 8.62. The van der Waals surface area contributed by atoms with Gasteiger partial charge in [0, 0.05) is 13.2 Å². The van der Waals surface area contributed by atoms with Gasteiger partial charge in [-0.1, -0.05) is 6.07 Å². The summed E-state index contributed by atoms with van der Waals surface area (Å²) in [6, 6.07) is 14.8. The Labute approximate surface area is 146 Å².